The summed E-state index contributed by atoms with van der Waals surface area (Å²) in [6.07, 6.45) is 1.38. The van der Waals surface area contributed by atoms with Gasteiger partial charge in [-0.1, -0.05) is 6.92 Å². The van der Waals surface area contributed by atoms with Crippen molar-refractivity contribution < 1.29 is 9.13 Å². The van der Waals surface area contributed by atoms with Crippen molar-refractivity contribution in [2.75, 3.05) is 25.9 Å². The van der Waals surface area contributed by atoms with Gasteiger partial charge in [-0.25, -0.2) is 4.39 Å². The van der Waals surface area contributed by atoms with Crippen molar-refractivity contribution in [3.8, 4) is 0 Å². The first-order chi connectivity index (χ1) is 8.58. The SMILES string of the molecule is COC1CN(Cc2cc(N)cc(F)c2)CCC1C. The zero-order valence-corrected chi connectivity index (χ0v) is 11.0. The van der Waals surface area contributed by atoms with Crippen LogP contribution in [-0.4, -0.2) is 31.2 Å². The van der Waals surface area contributed by atoms with Crippen LogP contribution in [0.25, 0.3) is 0 Å². The molecule has 100 valence electrons. The number of nitrogens with zero attached hydrogens (tertiary/aromatic N) is 1. The molecule has 0 radical (unpaired) electrons. The molecule has 4 heteroatoms. The number of methoxy groups -OCH3 is 1. The number of rotatable bonds is 3. The van der Waals surface area contributed by atoms with Gasteiger partial charge in [0.1, 0.15) is 5.82 Å². The first-order valence-electron chi connectivity index (χ1n) is 6.38. The average molecular weight is 252 g/mol. The minimum atomic E-state index is -0.265. The third kappa shape index (κ3) is 3.21. The molecule has 0 aromatic heterocycles. The van der Waals surface area contributed by atoms with E-state index in [9.17, 15) is 4.39 Å². The molecule has 0 amide bonds. The lowest BCUT2D eigenvalue weighted by atomic mass is 9.95. The zero-order valence-electron chi connectivity index (χ0n) is 11.0. The van der Waals surface area contributed by atoms with Gasteiger partial charge in [0, 0.05) is 25.9 Å². The lowest BCUT2D eigenvalue weighted by molar-refractivity contribution is -0.00746. The molecule has 1 aromatic rings. The van der Waals surface area contributed by atoms with Gasteiger partial charge >= 0.3 is 0 Å². The Morgan fingerprint density at radius 2 is 2.22 bits per heavy atom. The van der Waals surface area contributed by atoms with Gasteiger partial charge in [0.15, 0.2) is 0 Å². The number of benzene rings is 1. The molecule has 3 nitrogen and oxygen atoms in total. The van der Waals surface area contributed by atoms with E-state index in [0.29, 0.717) is 11.6 Å². The van der Waals surface area contributed by atoms with Crippen LogP contribution in [0.3, 0.4) is 0 Å². The van der Waals surface area contributed by atoms with Gasteiger partial charge in [0.25, 0.3) is 0 Å². The van der Waals surface area contributed by atoms with Gasteiger partial charge < -0.3 is 10.5 Å². The van der Waals surface area contributed by atoms with Gasteiger partial charge in [-0.3, -0.25) is 4.90 Å². The molecule has 18 heavy (non-hydrogen) atoms. The van der Waals surface area contributed by atoms with Crippen LogP contribution in [-0.2, 0) is 11.3 Å². The second-order valence-electron chi connectivity index (χ2n) is 5.17. The molecule has 1 aliphatic rings. The Labute approximate surface area is 108 Å². The quantitative estimate of drug-likeness (QED) is 0.839. The van der Waals surface area contributed by atoms with Crippen molar-refractivity contribution in [3.63, 3.8) is 0 Å². The number of anilines is 1. The molecule has 0 bridgehead atoms. The van der Waals surface area contributed by atoms with Gasteiger partial charge in [0.2, 0.25) is 0 Å². The minimum Gasteiger partial charge on any atom is -0.399 e. The number of ether oxygens (including phenoxy) is 1. The second kappa shape index (κ2) is 5.67. The number of hydrogen-bond acceptors (Lipinski definition) is 3. The molecule has 2 rings (SSSR count). The van der Waals surface area contributed by atoms with Crippen molar-refractivity contribution in [2.45, 2.75) is 26.0 Å². The van der Waals surface area contributed by atoms with E-state index >= 15 is 0 Å². The fraction of sp³-hybridized carbons (Fsp3) is 0.571. The van der Waals surface area contributed by atoms with Crippen molar-refractivity contribution >= 4 is 5.69 Å². The highest BCUT2D eigenvalue weighted by Gasteiger charge is 2.25. The summed E-state index contributed by atoms with van der Waals surface area (Å²) >= 11 is 0. The minimum absolute atomic E-state index is 0.265. The van der Waals surface area contributed by atoms with Crippen molar-refractivity contribution in [1.29, 1.82) is 0 Å². The van der Waals surface area contributed by atoms with E-state index < -0.39 is 0 Å². The summed E-state index contributed by atoms with van der Waals surface area (Å²) in [4.78, 5) is 2.29. The summed E-state index contributed by atoms with van der Waals surface area (Å²) in [7, 11) is 1.75. The first kappa shape index (κ1) is 13.3. The first-order valence-corrected chi connectivity index (χ1v) is 6.38. The largest absolute Gasteiger partial charge is 0.399 e. The van der Waals surface area contributed by atoms with E-state index in [0.717, 1.165) is 31.6 Å². The molecule has 1 aromatic carbocycles. The Kier molecular flexibility index (Phi) is 4.19. The predicted octanol–water partition coefficient (Wildman–Crippen LogP) is 2.26. The molecule has 1 fully saturated rings. The van der Waals surface area contributed by atoms with E-state index in [2.05, 4.69) is 11.8 Å². The number of halogens is 1. The summed E-state index contributed by atoms with van der Waals surface area (Å²) in [6, 6.07) is 4.73. The lowest BCUT2D eigenvalue weighted by Crippen LogP contribution is -2.43. The van der Waals surface area contributed by atoms with Crippen LogP contribution in [0, 0.1) is 11.7 Å². The van der Waals surface area contributed by atoms with Crippen LogP contribution in [0.1, 0.15) is 18.9 Å². The van der Waals surface area contributed by atoms with Crippen LogP contribution >= 0.6 is 0 Å². The Bertz CT molecular complexity index is 391. The van der Waals surface area contributed by atoms with Gasteiger partial charge in [-0.15, -0.1) is 0 Å². The van der Waals surface area contributed by atoms with Crippen LogP contribution in [0.4, 0.5) is 10.1 Å². The third-order valence-electron chi connectivity index (χ3n) is 3.66. The molecule has 1 aliphatic heterocycles. The van der Waals surface area contributed by atoms with E-state index in [4.69, 9.17) is 10.5 Å². The fourth-order valence-corrected chi connectivity index (χ4v) is 2.57. The standard InChI is InChI=1S/C14H21FN2O/c1-10-3-4-17(9-14(10)18-2)8-11-5-12(15)7-13(16)6-11/h5-7,10,14H,3-4,8-9,16H2,1-2H3. The number of piperidine rings is 1. The molecule has 0 spiro atoms. The molecule has 2 atom stereocenters. The maximum Gasteiger partial charge on any atom is 0.125 e. The Balaban J connectivity index is 2.01. The zero-order chi connectivity index (χ0) is 13.1. The smallest absolute Gasteiger partial charge is 0.125 e. The summed E-state index contributed by atoms with van der Waals surface area (Å²) in [6.45, 7) is 4.87. The summed E-state index contributed by atoms with van der Waals surface area (Å²) in [5, 5.41) is 0. The molecule has 0 aliphatic carbocycles. The third-order valence-corrected chi connectivity index (χ3v) is 3.66. The molecule has 1 heterocycles. The van der Waals surface area contributed by atoms with Crippen molar-refractivity contribution in [2.24, 2.45) is 5.92 Å². The topological polar surface area (TPSA) is 38.5 Å². The lowest BCUT2D eigenvalue weighted by Gasteiger charge is -2.36. The average Bonchev–Trinajstić information content (AvgIpc) is 2.30. The summed E-state index contributed by atoms with van der Waals surface area (Å²) in [5.41, 5.74) is 7.07. The number of nitrogens with two attached hydrogens (primary N) is 1. The van der Waals surface area contributed by atoms with E-state index in [-0.39, 0.29) is 11.9 Å². The highest BCUT2D eigenvalue weighted by Crippen LogP contribution is 2.21. The highest BCUT2D eigenvalue weighted by molar-refractivity contribution is 5.41. The maximum absolute atomic E-state index is 13.3. The summed E-state index contributed by atoms with van der Waals surface area (Å²) < 4.78 is 18.7. The number of likely N-dealkylation sites (tertiary alicyclic amines) is 1. The van der Waals surface area contributed by atoms with Gasteiger partial charge in [0.05, 0.1) is 6.10 Å². The number of hydrogen-bond donors (Lipinski definition) is 1. The predicted molar refractivity (Wildman–Crippen MR) is 70.7 cm³/mol. The Morgan fingerprint density at radius 3 is 2.89 bits per heavy atom. The van der Waals surface area contributed by atoms with Gasteiger partial charge in [-0.05, 0) is 42.6 Å². The molecule has 2 unspecified atom stereocenters. The van der Waals surface area contributed by atoms with Crippen LogP contribution in [0.2, 0.25) is 0 Å². The van der Waals surface area contributed by atoms with Crippen LogP contribution < -0.4 is 5.73 Å². The molecule has 1 saturated heterocycles. The molecular formula is C14H21FN2O. The maximum atomic E-state index is 13.3. The Hall–Kier alpha value is -1.13. The van der Waals surface area contributed by atoms with E-state index in [1.165, 1.54) is 6.07 Å². The fourth-order valence-electron chi connectivity index (χ4n) is 2.57. The summed E-state index contributed by atoms with van der Waals surface area (Å²) in [5.74, 6) is 0.322. The van der Waals surface area contributed by atoms with Crippen LogP contribution in [0.15, 0.2) is 18.2 Å². The van der Waals surface area contributed by atoms with Crippen molar-refractivity contribution in [1.82, 2.24) is 4.90 Å². The van der Waals surface area contributed by atoms with Crippen molar-refractivity contribution in [3.05, 3.63) is 29.6 Å². The second-order valence-corrected chi connectivity index (χ2v) is 5.17. The van der Waals surface area contributed by atoms with E-state index in [1.54, 1.807) is 13.2 Å². The van der Waals surface area contributed by atoms with Crippen LogP contribution in [0.5, 0.6) is 0 Å². The van der Waals surface area contributed by atoms with E-state index in [1.807, 2.05) is 6.07 Å². The monoisotopic (exact) mass is 252 g/mol. The highest BCUT2D eigenvalue weighted by atomic mass is 19.1. The molecule has 0 saturated carbocycles. The molecule has 2 N–H and O–H groups in total. The number of nitrogen functional groups attached to an aromatic ring is 1. The molecular weight excluding hydrogens is 231 g/mol. The normalized spacial score (nSPS) is 25.3. The Morgan fingerprint density at radius 1 is 1.44 bits per heavy atom. The van der Waals surface area contributed by atoms with Gasteiger partial charge in [-0.2, -0.15) is 0 Å².